The number of nitrogens with zero attached hydrogens (tertiary/aromatic N) is 2. The molecule has 0 spiro atoms. The Hall–Kier alpha value is -1.69. The summed E-state index contributed by atoms with van der Waals surface area (Å²) >= 11 is 12.2. The van der Waals surface area contributed by atoms with Gasteiger partial charge in [-0.25, -0.2) is 0 Å². The molecule has 4 heteroatoms. The smallest absolute Gasteiger partial charge is 0.179 e. The summed E-state index contributed by atoms with van der Waals surface area (Å²) in [6.45, 7) is 0.947. The van der Waals surface area contributed by atoms with E-state index in [2.05, 4.69) is 6.19 Å². The lowest BCUT2D eigenvalue weighted by molar-refractivity contribution is 0.379. The summed E-state index contributed by atoms with van der Waals surface area (Å²) in [7, 11) is 0. The minimum Gasteiger partial charge on any atom is -0.302 e. The predicted molar refractivity (Wildman–Crippen MR) is 77.8 cm³/mol. The van der Waals surface area contributed by atoms with Crippen LogP contribution in [0.15, 0.2) is 48.5 Å². The molecule has 96 valence electrons. The van der Waals surface area contributed by atoms with Gasteiger partial charge in [0.25, 0.3) is 0 Å². The van der Waals surface area contributed by atoms with Gasteiger partial charge in [-0.1, -0.05) is 59.6 Å². The maximum Gasteiger partial charge on any atom is 0.179 e. The van der Waals surface area contributed by atoms with E-state index in [1.165, 1.54) is 0 Å². The van der Waals surface area contributed by atoms with E-state index in [1.54, 1.807) is 4.90 Å². The van der Waals surface area contributed by atoms with Crippen molar-refractivity contribution in [2.45, 2.75) is 13.1 Å². The lowest BCUT2D eigenvalue weighted by Crippen LogP contribution is -2.17. The third kappa shape index (κ3) is 3.64. The molecule has 0 amide bonds. The van der Waals surface area contributed by atoms with E-state index in [0.29, 0.717) is 23.1 Å². The van der Waals surface area contributed by atoms with Crippen LogP contribution in [0.25, 0.3) is 0 Å². The first-order valence-corrected chi connectivity index (χ1v) is 6.58. The summed E-state index contributed by atoms with van der Waals surface area (Å²) in [5.41, 5.74) is 1.86. The first-order valence-electron chi connectivity index (χ1n) is 5.82. The summed E-state index contributed by atoms with van der Waals surface area (Å²) < 4.78 is 0. The van der Waals surface area contributed by atoms with Crippen molar-refractivity contribution < 1.29 is 0 Å². The molecule has 0 unspecified atom stereocenters. The number of benzene rings is 2. The molecule has 0 atom stereocenters. The van der Waals surface area contributed by atoms with Gasteiger partial charge in [-0.2, -0.15) is 5.26 Å². The Labute approximate surface area is 122 Å². The summed E-state index contributed by atoms with van der Waals surface area (Å²) in [5, 5.41) is 10.6. The molecule has 0 aromatic heterocycles. The normalized spacial score (nSPS) is 9.95. The van der Waals surface area contributed by atoms with Crippen molar-refractivity contribution in [3.8, 4) is 6.19 Å². The van der Waals surface area contributed by atoms with Gasteiger partial charge >= 0.3 is 0 Å². The Morgan fingerprint density at radius 3 is 1.63 bits per heavy atom. The van der Waals surface area contributed by atoms with Crippen LogP contribution in [-0.4, -0.2) is 4.90 Å². The molecule has 0 aliphatic heterocycles. The highest BCUT2D eigenvalue weighted by Gasteiger charge is 2.09. The summed E-state index contributed by atoms with van der Waals surface area (Å²) in [4.78, 5) is 1.63. The fourth-order valence-electron chi connectivity index (χ4n) is 1.79. The van der Waals surface area contributed by atoms with Gasteiger partial charge in [0.2, 0.25) is 0 Å². The van der Waals surface area contributed by atoms with Gasteiger partial charge in [0, 0.05) is 10.0 Å². The molecule has 0 saturated heterocycles. The van der Waals surface area contributed by atoms with Crippen LogP contribution in [0.4, 0.5) is 0 Å². The zero-order chi connectivity index (χ0) is 13.7. The second-order valence-electron chi connectivity index (χ2n) is 4.14. The lowest BCUT2D eigenvalue weighted by atomic mass is 10.2. The molecule has 2 rings (SSSR count). The summed E-state index contributed by atoms with van der Waals surface area (Å²) in [5.74, 6) is 0. The first-order chi connectivity index (χ1) is 9.20. The molecule has 2 nitrogen and oxygen atoms in total. The van der Waals surface area contributed by atoms with E-state index in [1.807, 2.05) is 48.5 Å². The van der Waals surface area contributed by atoms with E-state index in [9.17, 15) is 5.26 Å². The van der Waals surface area contributed by atoms with Crippen LogP contribution >= 0.6 is 23.2 Å². The fraction of sp³-hybridized carbons (Fsp3) is 0.133. The van der Waals surface area contributed by atoms with Crippen LogP contribution in [0.2, 0.25) is 10.0 Å². The zero-order valence-corrected chi connectivity index (χ0v) is 11.7. The third-order valence-corrected chi connectivity index (χ3v) is 3.52. The van der Waals surface area contributed by atoms with Gasteiger partial charge in [0.15, 0.2) is 6.19 Å². The standard InChI is InChI=1S/C15H12Cl2N2/c16-14-7-3-1-5-12(14)9-19(11-18)10-13-6-2-4-8-15(13)17/h1-8H,9-10H2. The van der Waals surface area contributed by atoms with Crippen LogP contribution in [0.3, 0.4) is 0 Å². The minimum absolute atomic E-state index is 0.474. The number of hydrogen-bond acceptors (Lipinski definition) is 2. The average molecular weight is 291 g/mol. The number of rotatable bonds is 4. The molecule has 19 heavy (non-hydrogen) atoms. The quantitative estimate of drug-likeness (QED) is 0.613. The van der Waals surface area contributed by atoms with Crippen molar-refractivity contribution in [1.29, 1.82) is 5.26 Å². The van der Waals surface area contributed by atoms with Crippen LogP contribution in [0.5, 0.6) is 0 Å². The monoisotopic (exact) mass is 290 g/mol. The Bertz CT molecular complexity index is 558. The summed E-state index contributed by atoms with van der Waals surface area (Å²) in [6, 6.07) is 15.0. The van der Waals surface area contributed by atoms with Crippen LogP contribution in [0, 0.1) is 11.5 Å². The van der Waals surface area contributed by atoms with Crippen molar-refractivity contribution in [1.82, 2.24) is 4.90 Å². The predicted octanol–water partition coefficient (Wildman–Crippen LogP) is 4.48. The SMILES string of the molecule is N#CN(Cc1ccccc1Cl)Cc1ccccc1Cl. The van der Waals surface area contributed by atoms with Gasteiger partial charge in [-0.3, -0.25) is 0 Å². The molecule has 0 aliphatic rings. The third-order valence-electron chi connectivity index (χ3n) is 2.78. The number of nitriles is 1. The van der Waals surface area contributed by atoms with E-state index in [0.717, 1.165) is 11.1 Å². The van der Waals surface area contributed by atoms with Gasteiger partial charge in [-0.05, 0) is 23.3 Å². The highest BCUT2D eigenvalue weighted by molar-refractivity contribution is 6.31. The molecular formula is C15H12Cl2N2. The molecule has 0 radical (unpaired) electrons. The Balaban J connectivity index is 2.12. The van der Waals surface area contributed by atoms with Crippen molar-refractivity contribution >= 4 is 23.2 Å². The second-order valence-corrected chi connectivity index (χ2v) is 4.95. The molecule has 0 aliphatic carbocycles. The first kappa shape index (κ1) is 13.7. The van der Waals surface area contributed by atoms with Crippen LogP contribution < -0.4 is 0 Å². The van der Waals surface area contributed by atoms with Crippen molar-refractivity contribution in [2.24, 2.45) is 0 Å². The Morgan fingerprint density at radius 1 is 0.842 bits per heavy atom. The summed E-state index contributed by atoms with van der Waals surface area (Å²) in [6.07, 6.45) is 2.17. The van der Waals surface area contributed by atoms with E-state index in [-0.39, 0.29) is 0 Å². The van der Waals surface area contributed by atoms with E-state index >= 15 is 0 Å². The van der Waals surface area contributed by atoms with Gasteiger partial charge in [0.1, 0.15) is 0 Å². The van der Waals surface area contributed by atoms with Crippen molar-refractivity contribution in [3.63, 3.8) is 0 Å². The van der Waals surface area contributed by atoms with Crippen molar-refractivity contribution in [3.05, 3.63) is 69.7 Å². The van der Waals surface area contributed by atoms with Crippen molar-refractivity contribution in [2.75, 3.05) is 0 Å². The fourth-order valence-corrected chi connectivity index (χ4v) is 2.18. The zero-order valence-electron chi connectivity index (χ0n) is 10.2. The molecule has 0 bridgehead atoms. The van der Waals surface area contributed by atoms with Gasteiger partial charge in [0.05, 0.1) is 13.1 Å². The molecule has 0 heterocycles. The van der Waals surface area contributed by atoms with E-state index in [4.69, 9.17) is 23.2 Å². The topological polar surface area (TPSA) is 27.0 Å². The minimum atomic E-state index is 0.474. The molecule has 0 N–H and O–H groups in total. The highest BCUT2D eigenvalue weighted by atomic mass is 35.5. The van der Waals surface area contributed by atoms with E-state index < -0.39 is 0 Å². The molecular weight excluding hydrogens is 279 g/mol. The van der Waals surface area contributed by atoms with Gasteiger partial charge < -0.3 is 4.90 Å². The van der Waals surface area contributed by atoms with Gasteiger partial charge in [-0.15, -0.1) is 0 Å². The average Bonchev–Trinajstić information content (AvgIpc) is 2.42. The largest absolute Gasteiger partial charge is 0.302 e. The number of hydrogen-bond donors (Lipinski definition) is 0. The van der Waals surface area contributed by atoms with Crippen LogP contribution in [0.1, 0.15) is 11.1 Å². The second kappa shape index (κ2) is 6.47. The lowest BCUT2D eigenvalue weighted by Gasteiger charge is -2.17. The maximum absolute atomic E-state index is 9.22. The highest BCUT2D eigenvalue weighted by Crippen LogP contribution is 2.20. The Morgan fingerprint density at radius 2 is 1.26 bits per heavy atom. The molecule has 0 fully saturated rings. The molecule has 2 aromatic carbocycles. The Kier molecular flexibility index (Phi) is 4.68. The molecule has 0 saturated carbocycles. The maximum atomic E-state index is 9.22. The number of halogens is 2. The molecule has 2 aromatic rings. The van der Waals surface area contributed by atoms with Crippen LogP contribution in [-0.2, 0) is 13.1 Å².